The monoisotopic (exact) mass is 276 g/mol. The number of amides is 1. The van der Waals surface area contributed by atoms with Gasteiger partial charge < -0.3 is 16.4 Å². The van der Waals surface area contributed by atoms with Crippen LogP contribution in [0, 0.1) is 6.92 Å². The number of unbranched alkanes of at least 4 members (excludes halogenated alkanes) is 1. The minimum atomic E-state index is -0.0254. The van der Waals surface area contributed by atoms with Crippen molar-refractivity contribution in [2.75, 3.05) is 24.1 Å². The van der Waals surface area contributed by atoms with Crippen LogP contribution in [-0.2, 0) is 4.79 Å². The molecule has 1 amide bonds. The number of pyridine rings is 1. The molecule has 0 aromatic carbocycles. The quantitative estimate of drug-likeness (QED) is 0.527. The summed E-state index contributed by atoms with van der Waals surface area (Å²) in [5.41, 5.74) is 8.43. The Kier molecular flexibility index (Phi) is 6.56. The van der Waals surface area contributed by atoms with E-state index in [1.165, 1.54) is 0 Å². The van der Waals surface area contributed by atoms with E-state index in [0.717, 1.165) is 36.5 Å². The first-order chi connectivity index (χ1) is 9.49. The highest BCUT2D eigenvalue weighted by molar-refractivity contribution is 5.87. The summed E-state index contributed by atoms with van der Waals surface area (Å²) in [7, 11) is 0. The van der Waals surface area contributed by atoms with E-state index in [9.17, 15) is 4.79 Å². The highest BCUT2D eigenvalue weighted by atomic mass is 16.1. The Morgan fingerprint density at radius 3 is 2.70 bits per heavy atom. The molecule has 0 aliphatic heterocycles. The molecule has 110 valence electrons. The molecule has 0 atom stereocenters. The van der Waals surface area contributed by atoms with Crippen LogP contribution in [0.2, 0.25) is 0 Å². The predicted octanol–water partition coefficient (Wildman–Crippen LogP) is 2.25. The van der Waals surface area contributed by atoms with Crippen LogP contribution in [-0.4, -0.2) is 24.0 Å². The Morgan fingerprint density at radius 2 is 2.00 bits per heavy atom. The van der Waals surface area contributed by atoms with Gasteiger partial charge >= 0.3 is 0 Å². The number of hydrogen-bond acceptors (Lipinski definition) is 4. The van der Waals surface area contributed by atoms with E-state index in [-0.39, 0.29) is 5.91 Å². The maximum absolute atomic E-state index is 11.4. The van der Waals surface area contributed by atoms with E-state index in [1.807, 2.05) is 32.9 Å². The van der Waals surface area contributed by atoms with Gasteiger partial charge in [0.25, 0.3) is 0 Å². The molecule has 0 bridgehead atoms. The van der Waals surface area contributed by atoms with Gasteiger partial charge in [-0.3, -0.25) is 4.79 Å². The molecular weight excluding hydrogens is 252 g/mol. The van der Waals surface area contributed by atoms with Crippen LogP contribution in [0.3, 0.4) is 0 Å². The molecule has 1 aromatic heterocycles. The van der Waals surface area contributed by atoms with Crippen LogP contribution in [0.15, 0.2) is 23.8 Å². The van der Waals surface area contributed by atoms with Crippen LogP contribution in [0.1, 0.15) is 32.4 Å². The summed E-state index contributed by atoms with van der Waals surface area (Å²) >= 11 is 0. The molecule has 0 spiro atoms. The third-order valence-corrected chi connectivity index (χ3v) is 2.68. The van der Waals surface area contributed by atoms with Crippen LogP contribution in [0.5, 0.6) is 0 Å². The lowest BCUT2D eigenvalue weighted by Gasteiger charge is -2.09. The predicted molar refractivity (Wildman–Crippen MR) is 83.6 cm³/mol. The zero-order chi connectivity index (χ0) is 15.0. The number of nitrogens with zero attached hydrogens (tertiary/aromatic N) is 1. The van der Waals surface area contributed by atoms with Crippen molar-refractivity contribution in [2.24, 2.45) is 0 Å². The average molecular weight is 276 g/mol. The molecule has 0 saturated carbocycles. The largest absolute Gasteiger partial charge is 0.396 e. The first-order valence-electron chi connectivity index (χ1n) is 6.89. The van der Waals surface area contributed by atoms with Crippen molar-refractivity contribution in [3.05, 3.63) is 29.5 Å². The van der Waals surface area contributed by atoms with Crippen molar-refractivity contribution in [3.8, 4) is 0 Å². The minimum Gasteiger partial charge on any atom is -0.396 e. The van der Waals surface area contributed by atoms with Gasteiger partial charge in [-0.2, -0.15) is 0 Å². The SMILES string of the molecule is CC(C)=CC(=O)NCCCCNc1nc(C)ccc1N. The van der Waals surface area contributed by atoms with E-state index >= 15 is 0 Å². The van der Waals surface area contributed by atoms with Crippen molar-refractivity contribution < 1.29 is 4.79 Å². The Labute approximate surface area is 120 Å². The number of rotatable bonds is 7. The summed E-state index contributed by atoms with van der Waals surface area (Å²) in [5, 5.41) is 6.06. The molecule has 20 heavy (non-hydrogen) atoms. The standard InChI is InChI=1S/C15H24N4O/c1-11(2)10-14(20)17-8-4-5-9-18-15-13(16)7-6-12(3)19-15/h6-7,10H,4-5,8-9,16H2,1-3H3,(H,17,20)(H,18,19). The molecule has 0 fully saturated rings. The van der Waals surface area contributed by atoms with E-state index in [1.54, 1.807) is 6.08 Å². The molecule has 1 rings (SSSR count). The molecular formula is C15H24N4O. The molecule has 0 aliphatic rings. The fourth-order valence-corrected chi connectivity index (χ4v) is 1.69. The molecule has 0 saturated heterocycles. The molecule has 1 aromatic rings. The summed E-state index contributed by atoms with van der Waals surface area (Å²) in [6.45, 7) is 7.22. The average Bonchev–Trinajstić information content (AvgIpc) is 2.36. The van der Waals surface area contributed by atoms with Gasteiger partial charge in [-0.1, -0.05) is 5.57 Å². The zero-order valence-electron chi connectivity index (χ0n) is 12.5. The topological polar surface area (TPSA) is 80.0 Å². The van der Waals surface area contributed by atoms with E-state index < -0.39 is 0 Å². The number of aryl methyl sites for hydroxylation is 1. The molecule has 5 heteroatoms. The summed E-state index contributed by atoms with van der Waals surface area (Å²) in [4.78, 5) is 15.7. The van der Waals surface area contributed by atoms with Gasteiger partial charge in [0, 0.05) is 24.9 Å². The van der Waals surface area contributed by atoms with Crippen LogP contribution >= 0.6 is 0 Å². The Morgan fingerprint density at radius 1 is 1.30 bits per heavy atom. The van der Waals surface area contributed by atoms with Crippen molar-refractivity contribution in [2.45, 2.75) is 33.6 Å². The van der Waals surface area contributed by atoms with E-state index in [0.29, 0.717) is 12.2 Å². The fourth-order valence-electron chi connectivity index (χ4n) is 1.69. The van der Waals surface area contributed by atoms with Crippen molar-refractivity contribution >= 4 is 17.4 Å². The third kappa shape index (κ3) is 6.22. The normalized spacial score (nSPS) is 9.95. The number of anilines is 2. The second-order valence-electron chi connectivity index (χ2n) is 5.04. The maximum atomic E-state index is 11.4. The van der Waals surface area contributed by atoms with Crippen LogP contribution in [0.4, 0.5) is 11.5 Å². The first-order valence-corrected chi connectivity index (χ1v) is 6.89. The van der Waals surface area contributed by atoms with Gasteiger partial charge in [-0.15, -0.1) is 0 Å². The van der Waals surface area contributed by atoms with Gasteiger partial charge in [0.15, 0.2) is 0 Å². The Balaban J connectivity index is 2.18. The molecule has 0 radical (unpaired) electrons. The summed E-state index contributed by atoms with van der Waals surface area (Å²) in [5.74, 6) is 0.709. The van der Waals surface area contributed by atoms with Gasteiger partial charge in [0.1, 0.15) is 5.82 Å². The van der Waals surface area contributed by atoms with Gasteiger partial charge in [0.05, 0.1) is 5.69 Å². The third-order valence-electron chi connectivity index (χ3n) is 2.68. The number of aromatic nitrogens is 1. The van der Waals surface area contributed by atoms with Crippen molar-refractivity contribution in [1.29, 1.82) is 0 Å². The summed E-state index contributed by atoms with van der Waals surface area (Å²) < 4.78 is 0. The fraction of sp³-hybridized carbons (Fsp3) is 0.467. The van der Waals surface area contributed by atoms with Crippen molar-refractivity contribution in [3.63, 3.8) is 0 Å². The summed E-state index contributed by atoms with van der Waals surface area (Å²) in [6, 6.07) is 3.74. The Bertz CT molecular complexity index is 479. The zero-order valence-corrected chi connectivity index (χ0v) is 12.5. The van der Waals surface area contributed by atoms with Gasteiger partial charge in [-0.05, 0) is 45.7 Å². The smallest absolute Gasteiger partial charge is 0.243 e. The van der Waals surface area contributed by atoms with Crippen LogP contribution in [0.25, 0.3) is 0 Å². The highest BCUT2D eigenvalue weighted by Crippen LogP contribution is 2.14. The highest BCUT2D eigenvalue weighted by Gasteiger charge is 2.00. The number of carbonyl (C=O) groups is 1. The second kappa shape index (κ2) is 8.19. The number of nitrogens with one attached hydrogen (secondary N) is 2. The minimum absolute atomic E-state index is 0.0254. The molecule has 4 N–H and O–H groups in total. The van der Waals surface area contributed by atoms with Gasteiger partial charge in [-0.25, -0.2) is 4.98 Å². The first kappa shape index (κ1) is 16.0. The second-order valence-corrected chi connectivity index (χ2v) is 5.04. The molecule has 1 heterocycles. The molecule has 0 unspecified atom stereocenters. The Hall–Kier alpha value is -2.04. The number of hydrogen-bond donors (Lipinski definition) is 3. The lowest BCUT2D eigenvalue weighted by molar-refractivity contribution is -0.116. The maximum Gasteiger partial charge on any atom is 0.243 e. The van der Waals surface area contributed by atoms with Crippen molar-refractivity contribution in [1.82, 2.24) is 10.3 Å². The lowest BCUT2D eigenvalue weighted by atomic mass is 10.2. The van der Waals surface area contributed by atoms with E-state index in [4.69, 9.17) is 5.73 Å². The number of nitrogen functional groups attached to an aromatic ring is 1. The van der Waals surface area contributed by atoms with Crippen LogP contribution < -0.4 is 16.4 Å². The molecule has 0 aliphatic carbocycles. The van der Waals surface area contributed by atoms with Gasteiger partial charge in [0.2, 0.25) is 5.91 Å². The number of allylic oxidation sites excluding steroid dienone is 1. The number of carbonyl (C=O) groups excluding carboxylic acids is 1. The lowest BCUT2D eigenvalue weighted by Crippen LogP contribution is -2.22. The molecule has 5 nitrogen and oxygen atoms in total. The van der Waals surface area contributed by atoms with E-state index in [2.05, 4.69) is 15.6 Å². The number of nitrogens with two attached hydrogens (primary N) is 1. The summed E-state index contributed by atoms with van der Waals surface area (Å²) in [6.07, 6.45) is 3.47.